The fourth-order valence-electron chi connectivity index (χ4n) is 7.33. The minimum atomic E-state index is -0.685. The molecule has 56 heavy (non-hydrogen) atoms. The van der Waals surface area contributed by atoms with Gasteiger partial charge in [-0.2, -0.15) is 5.10 Å². The van der Waals surface area contributed by atoms with Gasteiger partial charge in [0, 0.05) is 63.1 Å². The van der Waals surface area contributed by atoms with Crippen LogP contribution in [-0.2, 0) is 18.9 Å². The summed E-state index contributed by atoms with van der Waals surface area (Å²) in [5.41, 5.74) is 8.69. The van der Waals surface area contributed by atoms with Crippen LogP contribution in [0, 0.1) is 0 Å². The molecule has 0 aliphatic carbocycles. The molecule has 2 N–H and O–H groups in total. The number of nitrogens with one attached hydrogen (secondary N) is 1. The molecule has 7 aromatic rings. The average Bonchev–Trinajstić information content (AvgIpc) is 3.72. The number of benzene rings is 2. The summed E-state index contributed by atoms with van der Waals surface area (Å²) < 4.78 is 5.04. The molecular formula is C42H39N9O5. The topological polar surface area (TPSA) is 160 Å². The zero-order chi connectivity index (χ0) is 39.2. The Morgan fingerprint density at radius 1 is 0.929 bits per heavy atom. The molecule has 2 aromatic carbocycles. The summed E-state index contributed by atoms with van der Waals surface area (Å²) in [6.07, 6.45) is 10.6. The Hall–Kier alpha value is -6.93. The van der Waals surface area contributed by atoms with Crippen LogP contribution in [0.15, 0.2) is 96.3 Å². The number of carbonyl (C=O) groups is 3. The van der Waals surface area contributed by atoms with Crippen molar-refractivity contribution in [2.45, 2.75) is 26.2 Å². The summed E-state index contributed by atoms with van der Waals surface area (Å²) in [5.74, 6) is -0.533. The lowest BCUT2D eigenvalue weighted by molar-refractivity contribution is -0.131. The molecule has 6 heterocycles. The highest BCUT2D eigenvalue weighted by atomic mass is 16.3. The van der Waals surface area contributed by atoms with Crippen LogP contribution in [0.5, 0.6) is 0 Å². The SMILES string of the molecule is CC(C)c1cc(-c2cccc3cc(-c4ccc(C(=O)NC/C=C/c5ccn6ncc(N7CCC(=O)N(CO)C7=O)c6c5)nc4)ncc23)cc2c1n(C)c(=O)n2C. The third-order valence-corrected chi connectivity index (χ3v) is 10.3. The van der Waals surface area contributed by atoms with E-state index >= 15 is 0 Å². The van der Waals surface area contributed by atoms with Crippen molar-refractivity contribution in [3.05, 3.63) is 119 Å². The van der Waals surface area contributed by atoms with Gasteiger partial charge in [0.1, 0.15) is 12.4 Å². The molecule has 1 aliphatic heterocycles. The van der Waals surface area contributed by atoms with Gasteiger partial charge in [0.05, 0.1) is 34.1 Å². The smallest absolute Gasteiger partial charge is 0.333 e. The van der Waals surface area contributed by atoms with Crippen LogP contribution in [0.25, 0.3) is 55.8 Å². The predicted molar refractivity (Wildman–Crippen MR) is 214 cm³/mol. The molecule has 1 aliphatic rings. The van der Waals surface area contributed by atoms with Crippen LogP contribution in [0.3, 0.4) is 0 Å². The number of urea groups is 1. The summed E-state index contributed by atoms with van der Waals surface area (Å²) in [7, 11) is 3.62. The summed E-state index contributed by atoms with van der Waals surface area (Å²) in [4.78, 5) is 62.1. The van der Waals surface area contributed by atoms with Crippen molar-refractivity contribution in [3.63, 3.8) is 0 Å². The Bertz CT molecular complexity index is 2800. The number of aryl methyl sites for hydroxylation is 2. The molecule has 0 atom stereocenters. The maximum atomic E-state index is 13.0. The van der Waals surface area contributed by atoms with E-state index in [1.54, 1.807) is 45.4 Å². The Balaban J connectivity index is 0.953. The van der Waals surface area contributed by atoms with Crippen LogP contribution in [0.2, 0.25) is 0 Å². The number of aliphatic hydroxyl groups excluding tert-OH is 1. The Morgan fingerprint density at radius 2 is 1.77 bits per heavy atom. The van der Waals surface area contributed by atoms with Gasteiger partial charge < -0.3 is 10.4 Å². The van der Waals surface area contributed by atoms with Crippen LogP contribution in [0.4, 0.5) is 10.5 Å². The molecule has 0 unspecified atom stereocenters. The lowest BCUT2D eigenvalue weighted by atomic mass is 9.93. The molecule has 5 aromatic heterocycles. The molecule has 0 bridgehead atoms. The number of rotatable bonds is 9. The first kappa shape index (κ1) is 36.1. The maximum Gasteiger partial charge on any atom is 0.333 e. The number of hydrogen-bond donors (Lipinski definition) is 2. The molecule has 0 spiro atoms. The quantitative estimate of drug-likeness (QED) is 0.196. The molecule has 14 nitrogen and oxygen atoms in total. The number of amides is 4. The maximum absolute atomic E-state index is 13.0. The third-order valence-electron chi connectivity index (χ3n) is 10.3. The van der Waals surface area contributed by atoms with Crippen LogP contribution in [0.1, 0.15) is 47.8 Å². The molecule has 282 valence electrons. The molecule has 4 amide bonds. The highest BCUT2D eigenvalue weighted by molar-refractivity contribution is 6.07. The van der Waals surface area contributed by atoms with Gasteiger partial charge in [-0.1, -0.05) is 44.2 Å². The standard InChI is InChI=1S/C42H39N9O5/c1-25(2)31-18-29(20-36-39(31)48(4)41(55)47(36)3)30-9-5-8-27-19-34(45-22-32(27)30)28-10-11-33(44-21-28)40(54)43-14-6-7-26-12-16-51-35(17-26)37(23-46-51)49-15-13-38(53)50(24-52)42(49)56/h5-12,16-23,25,52H,13-15,24H2,1-4H3,(H,43,54)/b7-6+. The molecule has 0 saturated carbocycles. The number of nitrogens with zero attached hydrogens (tertiary/aromatic N) is 8. The largest absolute Gasteiger partial charge is 0.376 e. The highest BCUT2D eigenvalue weighted by Crippen LogP contribution is 2.35. The van der Waals surface area contributed by atoms with Gasteiger partial charge in [-0.3, -0.25) is 33.6 Å². The van der Waals surface area contributed by atoms with Crippen molar-refractivity contribution in [1.82, 2.24) is 38.9 Å². The Morgan fingerprint density at radius 3 is 2.54 bits per heavy atom. The normalized spacial score (nSPS) is 13.7. The lowest BCUT2D eigenvalue weighted by Gasteiger charge is -2.32. The van der Waals surface area contributed by atoms with E-state index in [-0.39, 0.29) is 42.7 Å². The zero-order valence-electron chi connectivity index (χ0n) is 31.3. The second-order valence-electron chi connectivity index (χ2n) is 14.1. The van der Waals surface area contributed by atoms with Gasteiger partial charge in [-0.15, -0.1) is 0 Å². The molecule has 0 radical (unpaired) electrons. The van der Waals surface area contributed by atoms with Crippen molar-refractivity contribution in [2.75, 3.05) is 24.7 Å². The summed E-state index contributed by atoms with van der Waals surface area (Å²) >= 11 is 0. The van der Waals surface area contributed by atoms with Crippen molar-refractivity contribution in [1.29, 1.82) is 0 Å². The van der Waals surface area contributed by atoms with Crippen LogP contribution >= 0.6 is 0 Å². The van der Waals surface area contributed by atoms with E-state index in [9.17, 15) is 24.3 Å². The molecule has 14 heteroatoms. The third kappa shape index (κ3) is 6.29. The Kier molecular flexibility index (Phi) is 9.26. The van der Waals surface area contributed by atoms with E-state index in [1.807, 2.05) is 61.8 Å². The average molecular weight is 750 g/mol. The van der Waals surface area contributed by atoms with E-state index in [0.717, 1.165) is 60.2 Å². The first-order valence-corrected chi connectivity index (χ1v) is 18.2. The number of anilines is 1. The number of hydrogen-bond acceptors (Lipinski definition) is 8. The summed E-state index contributed by atoms with van der Waals surface area (Å²) in [6.45, 7) is 4.02. The van der Waals surface area contributed by atoms with Gasteiger partial charge in [0.25, 0.3) is 5.91 Å². The first-order chi connectivity index (χ1) is 27.0. The zero-order valence-corrected chi connectivity index (χ0v) is 31.3. The van der Waals surface area contributed by atoms with Gasteiger partial charge in [0.15, 0.2) is 0 Å². The van der Waals surface area contributed by atoms with E-state index < -0.39 is 18.7 Å². The number of fused-ring (bicyclic) bond motifs is 3. The van der Waals surface area contributed by atoms with E-state index in [1.165, 1.54) is 4.90 Å². The fraction of sp³-hybridized carbons (Fsp3) is 0.214. The fourth-order valence-corrected chi connectivity index (χ4v) is 7.33. The van der Waals surface area contributed by atoms with E-state index in [4.69, 9.17) is 4.98 Å². The van der Waals surface area contributed by atoms with Crippen molar-refractivity contribution < 1.29 is 19.5 Å². The minimum absolute atomic E-state index is 0.0549. The van der Waals surface area contributed by atoms with Crippen molar-refractivity contribution in [2.24, 2.45) is 14.1 Å². The highest BCUT2D eigenvalue weighted by Gasteiger charge is 2.33. The number of carbonyl (C=O) groups excluding carboxylic acids is 3. The number of imidazole rings is 1. The molecule has 1 saturated heterocycles. The molecular weight excluding hydrogens is 711 g/mol. The number of imide groups is 1. The second-order valence-corrected chi connectivity index (χ2v) is 14.1. The monoisotopic (exact) mass is 749 g/mol. The Labute approximate surface area is 320 Å². The van der Waals surface area contributed by atoms with Gasteiger partial charge >= 0.3 is 11.7 Å². The van der Waals surface area contributed by atoms with Crippen LogP contribution in [-0.4, -0.2) is 76.4 Å². The summed E-state index contributed by atoms with van der Waals surface area (Å²) in [6, 6.07) is 19.0. The number of aromatic nitrogens is 6. The number of aliphatic hydroxyl groups is 1. The number of pyridine rings is 3. The predicted octanol–water partition coefficient (Wildman–Crippen LogP) is 5.48. The van der Waals surface area contributed by atoms with E-state index in [0.29, 0.717) is 11.2 Å². The minimum Gasteiger partial charge on any atom is -0.376 e. The second kappa shape index (κ2) is 14.4. The summed E-state index contributed by atoms with van der Waals surface area (Å²) in [5, 5.41) is 18.7. The van der Waals surface area contributed by atoms with Crippen molar-refractivity contribution in [3.8, 4) is 22.4 Å². The molecule has 1 fully saturated rings. The molecule has 8 rings (SSSR count). The lowest BCUT2D eigenvalue weighted by Crippen LogP contribution is -2.52. The van der Waals surface area contributed by atoms with Crippen molar-refractivity contribution >= 4 is 56.9 Å². The first-order valence-electron chi connectivity index (χ1n) is 18.2. The van der Waals surface area contributed by atoms with Gasteiger partial charge in [-0.25, -0.2) is 19.0 Å². The van der Waals surface area contributed by atoms with Crippen LogP contribution < -0.4 is 15.9 Å². The van der Waals surface area contributed by atoms with E-state index in [2.05, 4.69) is 47.4 Å². The van der Waals surface area contributed by atoms with Gasteiger partial charge in [-0.05, 0) is 76.0 Å². The van der Waals surface area contributed by atoms with Gasteiger partial charge in [0.2, 0.25) is 5.91 Å².